The van der Waals surface area contributed by atoms with E-state index in [1.54, 1.807) is 0 Å². The molecule has 2 heterocycles. The number of thiophene rings is 1. The Labute approximate surface area is 115 Å². The molecule has 1 aromatic heterocycles. The molecular weight excluding hydrogens is 330 g/mol. The van der Waals surface area contributed by atoms with Gasteiger partial charge >= 0.3 is 5.97 Å². The number of carboxylic acid groups (broad SMARTS) is 1. The number of amides is 1. The van der Waals surface area contributed by atoms with Gasteiger partial charge in [0.1, 0.15) is 10.4 Å². The highest BCUT2D eigenvalue weighted by Gasteiger charge is 2.36. The van der Waals surface area contributed by atoms with Crippen molar-refractivity contribution in [2.45, 2.75) is 25.4 Å². The molecule has 4 nitrogen and oxygen atoms in total. The topological polar surface area (TPSA) is 57.6 Å². The maximum Gasteiger partial charge on any atom is 0.326 e. The summed E-state index contributed by atoms with van der Waals surface area (Å²) in [4.78, 5) is 24.9. The van der Waals surface area contributed by atoms with Crippen LogP contribution in [0.15, 0.2) is 10.5 Å². The number of carboxylic acids is 1. The molecule has 1 aliphatic heterocycles. The van der Waals surface area contributed by atoms with Crippen molar-refractivity contribution in [3.8, 4) is 0 Å². The van der Waals surface area contributed by atoms with Gasteiger partial charge in [-0.15, -0.1) is 11.3 Å². The van der Waals surface area contributed by atoms with E-state index < -0.39 is 12.0 Å². The van der Waals surface area contributed by atoms with Crippen LogP contribution in [-0.2, 0) is 16.1 Å². The molecule has 0 aliphatic carbocycles. The summed E-state index contributed by atoms with van der Waals surface area (Å²) in [5.74, 6) is -1.06. The van der Waals surface area contributed by atoms with Gasteiger partial charge in [0.25, 0.3) is 0 Å². The third-order valence-corrected chi connectivity index (χ3v) is 5.10. The largest absolute Gasteiger partial charge is 0.480 e. The molecule has 1 saturated heterocycles. The van der Waals surface area contributed by atoms with E-state index in [9.17, 15) is 9.59 Å². The molecule has 7 heteroatoms. The Kier molecular flexibility index (Phi) is 3.75. The predicted molar refractivity (Wildman–Crippen MR) is 68.2 cm³/mol. The van der Waals surface area contributed by atoms with E-state index in [0.717, 1.165) is 9.35 Å². The van der Waals surface area contributed by atoms with Crippen LogP contribution in [-0.4, -0.2) is 27.9 Å². The summed E-state index contributed by atoms with van der Waals surface area (Å²) < 4.78 is 1.39. The number of carbonyl (C=O) groups is 2. The summed E-state index contributed by atoms with van der Waals surface area (Å²) in [7, 11) is 0. The highest BCUT2D eigenvalue weighted by molar-refractivity contribution is 9.10. The van der Waals surface area contributed by atoms with Crippen LogP contribution in [0.1, 0.15) is 17.7 Å². The Morgan fingerprint density at radius 3 is 2.94 bits per heavy atom. The lowest BCUT2D eigenvalue weighted by Crippen LogP contribution is -2.37. The summed E-state index contributed by atoms with van der Waals surface area (Å²) in [6, 6.07) is 1.11. The minimum atomic E-state index is -0.947. The van der Waals surface area contributed by atoms with Crippen molar-refractivity contribution in [3.05, 3.63) is 19.8 Å². The summed E-state index contributed by atoms with van der Waals surface area (Å²) in [5, 5.41) is 9.01. The molecule has 1 unspecified atom stereocenters. The van der Waals surface area contributed by atoms with Crippen molar-refractivity contribution in [1.82, 2.24) is 4.90 Å². The number of nitrogens with zero attached hydrogens (tertiary/aromatic N) is 1. The van der Waals surface area contributed by atoms with Crippen LogP contribution in [0, 0.1) is 0 Å². The van der Waals surface area contributed by atoms with Crippen LogP contribution in [0.2, 0.25) is 4.34 Å². The van der Waals surface area contributed by atoms with E-state index in [1.807, 2.05) is 6.07 Å². The minimum absolute atomic E-state index is 0.113. The second-order valence-corrected chi connectivity index (χ2v) is 6.34. The number of aliphatic carboxylic acids is 1. The molecule has 0 aromatic carbocycles. The van der Waals surface area contributed by atoms with Crippen LogP contribution in [0.3, 0.4) is 0 Å². The van der Waals surface area contributed by atoms with E-state index in [1.165, 1.54) is 16.2 Å². The van der Waals surface area contributed by atoms with Crippen LogP contribution in [0.4, 0.5) is 0 Å². The van der Waals surface area contributed by atoms with Gasteiger partial charge in [0.2, 0.25) is 5.91 Å². The van der Waals surface area contributed by atoms with Crippen molar-refractivity contribution in [3.63, 3.8) is 0 Å². The zero-order valence-corrected chi connectivity index (χ0v) is 11.8. The van der Waals surface area contributed by atoms with E-state index in [0.29, 0.717) is 23.7 Å². The molecule has 0 radical (unpaired) electrons. The van der Waals surface area contributed by atoms with Crippen LogP contribution in [0.25, 0.3) is 0 Å². The molecule has 1 fully saturated rings. The zero-order valence-electron chi connectivity index (χ0n) is 8.65. The Morgan fingerprint density at radius 1 is 1.71 bits per heavy atom. The molecule has 92 valence electrons. The Balaban J connectivity index is 2.16. The molecule has 1 amide bonds. The van der Waals surface area contributed by atoms with Gasteiger partial charge in [-0.25, -0.2) is 4.79 Å². The standard InChI is InChI=1S/C10H9BrClNO3S/c11-6-3-5(17-9(6)12)4-13-7(10(15)16)1-2-8(13)14/h3,7H,1-2,4H2,(H,15,16). The van der Waals surface area contributed by atoms with Crippen molar-refractivity contribution >= 4 is 50.7 Å². The van der Waals surface area contributed by atoms with Crippen LogP contribution < -0.4 is 0 Å². The first-order valence-corrected chi connectivity index (χ1v) is 6.93. The Hall–Kier alpha value is -0.590. The van der Waals surface area contributed by atoms with E-state index in [4.69, 9.17) is 16.7 Å². The van der Waals surface area contributed by atoms with Crippen molar-refractivity contribution in [2.75, 3.05) is 0 Å². The van der Waals surface area contributed by atoms with Gasteiger partial charge < -0.3 is 10.0 Å². The number of carbonyl (C=O) groups excluding carboxylic acids is 1. The predicted octanol–water partition coefficient (Wildman–Crippen LogP) is 2.74. The number of hydrogen-bond acceptors (Lipinski definition) is 3. The third kappa shape index (κ3) is 2.64. The van der Waals surface area contributed by atoms with Gasteiger partial charge in [-0.3, -0.25) is 4.79 Å². The van der Waals surface area contributed by atoms with Gasteiger partial charge in [-0.2, -0.15) is 0 Å². The van der Waals surface area contributed by atoms with Gasteiger partial charge in [-0.1, -0.05) is 11.6 Å². The monoisotopic (exact) mass is 337 g/mol. The molecule has 1 atom stereocenters. The molecule has 0 saturated carbocycles. The molecule has 1 N–H and O–H groups in total. The minimum Gasteiger partial charge on any atom is -0.480 e. The van der Waals surface area contributed by atoms with E-state index in [2.05, 4.69) is 15.9 Å². The van der Waals surface area contributed by atoms with E-state index >= 15 is 0 Å². The SMILES string of the molecule is O=C(O)C1CCC(=O)N1Cc1cc(Br)c(Cl)s1. The smallest absolute Gasteiger partial charge is 0.326 e. The second-order valence-electron chi connectivity index (χ2n) is 3.75. The fourth-order valence-electron chi connectivity index (χ4n) is 1.83. The Morgan fingerprint density at radius 2 is 2.41 bits per heavy atom. The average molecular weight is 339 g/mol. The van der Waals surface area contributed by atoms with Gasteiger partial charge in [0.05, 0.1) is 6.54 Å². The van der Waals surface area contributed by atoms with Gasteiger partial charge in [-0.05, 0) is 28.4 Å². The van der Waals surface area contributed by atoms with Gasteiger partial charge in [0.15, 0.2) is 0 Å². The third-order valence-electron chi connectivity index (χ3n) is 2.64. The maximum atomic E-state index is 11.6. The summed E-state index contributed by atoms with van der Waals surface area (Å²) in [5.41, 5.74) is 0. The zero-order chi connectivity index (χ0) is 12.6. The number of halogens is 2. The normalized spacial score (nSPS) is 20.0. The first-order valence-electron chi connectivity index (χ1n) is 4.95. The highest BCUT2D eigenvalue weighted by Crippen LogP contribution is 2.34. The van der Waals surface area contributed by atoms with Crippen molar-refractivity contribution < 1.29 is 14.7 Å². The lowest BCUT2D eigenvalue weighted by Gasteiger charge is -2.20. The number of rotatable bonds is 3. The molecule has 1 aromatic rings. The summed E-state index contributed by atoms with van der Waals surface area (Å²) in [6.07, 6.45) is 0.686. The maximum absolute atomic E-state index is 11.6. The summed E-state index contributed by atoms with van der Waals surface area (Å²) >= 11 is 10.5. The number of hydrogen-bond donors (Lipinski definition) is 1. The Bertz CT molecular complexity index is 457. The number of likely N-dealkylation sites (tertiary alicyclic amines) is 1. The molecule has 1 aliphatic rings. The van der Waals surface area contributed by atoms with E-state index in [-0.39, 0.29) is 5.91 Å². The lowest BCUT2D eigenvalue weighted by atomic mass is 10.2. The van der Waals surface area contributed by atoms with Crippen LogP contribution >= 0.6 is 38.9 Å². The highest BCUT2D eigenvalue weighted by atomic mass is 79.9. The first kappa shape index (κ1) is 12.9. The molecular formula is C10H9BrClNO3S. The molecule has 2 rings (SSSR count). The fourth-order valence-corrected chi connectivity index (χ4v) is 3.62. The van der Waals surface area contributed by atoms with Crippen LogP contribution in [0.5, 0.6) is 0 Å². The molecule has 0 bridgehead atoms. The van der Waals surface area contributed by atoms with Crippen molar-refractivity contribution in [2.24, 2.45) is 0 Å². The second kappa shape index (κ2) is 4.96. The van der Waals surface area contributed by atoms with Gasteiger partial charge in [0, 0.05) is 15.8 Å². The average Bonchev–Trinajstić information content (AvgIpc) is 2.74. The quantitative estimate of drug-likeness (QED) is 0.922. The molecule has 17 heavy (non-hydrogen) atoms. The lowest BCUT2D eigenvalue weighted by molar-refractivity contribution is -0.146. The molecule has 0 spiro atoms. The fraction of sp³-hybridized carbons (Fsp3) is 0.400. The van der Waals surface area contributed by atoms with Crippen molar-refractivity contribution in [1.29, 1.82) is 0 Å². The summed E-state index contributed by atoms with van der Waals surface area (Å²) in [6.45, 7) is 0.311. The first-order chi connectivity index (χ1) is 7.99.